The van der Waals surface area contributed by atoms with E-state index in [0.29, 0.717) is 18.8 Å². The van der Waals surface area contributed by atoms with Crippen LogP contribution in [0.3, 0.4) is 0 Å². The van der Waals surface area contributed by atoms with Gasteiger partial charge in [0.25, 0.3) is 5.91 Å². The maximum Gasteiger partial charge on any atom is 0.326 e. The number of furan rings is 1. The second kappa shape index (κ2) is 10.5. The fourth-order valence-corrected chi connectivity index (χ4v) is 3.24. The predicted octanol–water partition coefficient (Wildman–Crippen LogP) is 4.36. The van der Waals surface area contributed by atoms with Crippen molar-refractivity contribution in [1.29, 1.82) is 0 Å². The molecule has 0 N–H and O–H groups in total. The van der Waals surface area contributed by atoms with Gasteiger partial charge in [-0.3, -0.25) is 9.59 Å². The zero-order valence-corrected chi connectivity index (χ0v) is 20.0. The molecular formula is C26H32N2O5. The zero-order chi connectivity index (χ0) is 24.0. The molecule has 7 nitrogen and oxygen atoms in total. The van der Waals surface area contributed by atoms with Crippen LogP contribution in [0.15, 0.2) is 59.0 Å². The normalized spacial score (nSPS) is 11.6. The quantitative estimate of drug-likeness (QED) is 0.449. The molecule has 176 valence electrons. The molecule has 0 spiro atoms. The van der Waals surface area contributed by atoms with Crippen LogP contribution in [-0.2, 0) is 16.1 Å². The molecule has 0 fully saturated rings. The van der Waals surface area contributed by atoms with E-state index in [0.717, 1.165) is 16.5 Å². The molecule has 2 aromatic carbocycles. The van der Waals surface area contributed by atoms with Gasteiger partial charge < -0.3 is 23.7 Å². The Morgan fingerprint density at radius 3 is 2.36 bits per heavy atom. The Labute approximate surface area is 194 Å². The van der Waals surface area contributed by atoms with Gasteiger partial charge in [0.15, 0.2) is 5.76 Å². The smallest absolute Gasteiger partial charge is 0.326 e. The first kappa shape index (κ1) is 24.3. The number of hydrogen-bond donors (Lipinski definition) is 0. The number of likely N-dealkylation sites (N-methyl/N-ethyl adjacent to an activating group) is 1. The zero-order valence-electron chi connectivity index (χ0n) is 20.0. The van der Waals surface area contributed by atoms with Crippen molar-refractivity contribution in [3.05, 3.63) is 66.1 Å². The highest BCUT2D eigenvalue weighted by molar-refractivity contribution is 5.93. The van der Waals surface area contributed by atoms with Gasteiger partial charge >= 0.3 is 5.97 Å². The number of esters is 1. The van der Waals surface area contributed by atoms with Gasteiger partial charge in [0.1, 0.15) is 30.3 Å². The minimum absolute atomic E-state index is 0.145. The average Bonchev–Trinajstić information content (AvgIpc) is 3.22. The summed E-state index contributed by atoms with van der Waals surface area (Å²) in [5.41, 5.74) is -0.620. The number of carbonyl (C=O) groups excluding carboxylic acids is 2. The van der Waals surface area contributed by atoms with E-state index in [4.69, 9.17) is 13.9 Å². The van der Waals surface area contributed by atoms with Gasteiger partial charge in [0.05, 0.1) is 0 Å². The highest BCUT2D eigenvalue weighted by atomic mass is 16.6. The summed E-state index contributed by atoms with van der Waals surface area (Å²) in [7, 11) is 3.82. The van der Waals surface area contributed by atoms with Crippen molar-refractivity contribution in [1.82, 2.24) is 9.80 Å². The lowest BCUT2D eigenvalue weighted by Gasteiger charge is -2.25. The molecule has 3 rings (SSSR count). The summed E-state index contributed by atoms with van der Waals surface area (Å²) < 4.78 is 17.0. The van der Waals surface area contributed by atoms with Crippen LogP contribution >= 0.6 is 0 Å². The minimum atomic E-state index is -0.620. The van der Waals surface area contributed by atoms with E-state index in [1.165, 1.54) is 4.90 Å². The van der Waals surface area contributed by atoms with Crippen LogP contribution in [0.1, 0.15) is 37.1 Å². The van der Waals surface area contributed by atoms with E-state index in [1.54, 1.807) is 32.9 Å². The van der Waals surface area contributed by atoms with Crippen molar-refractivity contribution in [2.24, 2.45) is 0 Å². The Balaban J connectivity index is 1.65. The van der Waals surface area contributed by atoms with Gasteiger partial charge in [-0.1, -0.05) is 30.3 Å². The second-order valence-corrected chi connectivity index (χ2v) is 9.18. The van der Waals surface area contributed by atoms with E-state index >= 15 is 0 Å². The van der Waals surface area contributed by atoms with Crippen molar-refractivity contribution < 1.29 is 23.5 Å². The molecule has 0 saturated carbocycles. The maximum atomic E-state index is 13.1. The molecule has 0 bridgehead atoms. The largest absolute Gasteiger partial charge is 0.486 e. The molecule has 0 radical (unpaired) electrons. The monoisotopic (exact) mass is 452 g/mol. The average molecular weight is 453 g/mol. The number of hydrogen-bond acceptors (Lipinski definition) is 6. The lowest BCUT2D eigenvalue weighted by molar-refractivity contribution is -0.155. The fraction of sp³-hybridized carbons (Fsp3) is 0.385. The summed E-state index contributed by atoms with van der Waals surface area (Å²) in [4.78, 5) is 28.8. The third-order valence-electron chi connectivity index (χ3n) is 4.82. The molecular weight excluding hydrogens is 420 g/mol. The number of amides is 1. The third-order valence-corrected chi connectivity index (χ3v) is 4.82. The Bertz CT molecular complexity index is 1100. The summed E-state index contributed by atoms with van der Waals surface area (Å²) in [6.45, 7) is 6.41. The molecule has 0 unspecified atom stereocenters. The van der Waals surface area contributed by atoms with E-state index in [2.05, 4.69) is 0 Å². The highest BCUT2D eigenvalue weighted by Gasteiger charge is 2.25. The molecule has 3 aromatic rings. The van der Waals surface area contributed by atoms with Crippen molar-refractivity contribution in [2.75, 3.05) is 33.7 Å². The Hall–Kier alpha value is -3.32. The van der Waals surface area contributed by atoms with Crippen molar-refractivity contribution in [3.63, 3.8) is 0 Å². The first-order valence-electron chi connectivity index (χ1n) is 11.0. The van der Waals surface area contributed by atoms with Crippen molar-refractivity contribution in [2.45, 2.75) is 33.0 Å². The lowest BCUT2D eigenvalue weighted by atomic mass is 10.1. The Morgan fingerprint density at radius 1 is 0.939 bits per heavy atom. The van der Waals surface area contributed by atoms with Crippen molar-refractivity contribution in [3.8, 4) is 5.75 Å². The van der Waals surface area contributed by atoms with E-state index in [1.807, 2.05) is 61.5 Å². The number of ether oxygens (including phenoxy) is 2. The van der Waals surface area contributed by atoms with Crippen LogP contribution in [0.4, 0.5) is 0 Å². The molecule has 0 saturated heterocycles. The van der Waals surface area contributed by atoms with Crippen LogP contribution in [0.2, 0.25) is 0 Å². The molecule has 1 amide bonds. The molecule has 0 aliphatic rings. The molecule has 1 heterocycles. The summed E-state index contributed by atoms with van der Waals surface area (Å²) in [5, 5.41) is 2.22. The molecule has 33 heavy (non-hydrogen) atoms. The molecule has 7 heteroatoms. The molecule has 1 aromatic heterocycles. The first-order chi connectivity index (χ1) is 15.6. The van der Waals surface area contributed by atoms with E-state index in [-0.39, 0.29) is 24.8 Å². The Morgan fingerprint density at radius 2 is 1.67 bits per heavy atom. The van der Waals surface area contributed by atoms with Crippen LogP contribution in [0, 0.1) is 0 Å². The molecule has 0 atom stereocenters. The minimum Gasteiger partial charge on any atom is -0.486 e. The first-order valence-corrected chi connectivity index (χ1v) is 11.0. The molecule has 0 aliphatic carbocycles. The number of carbonyl (C=O) groups is 2. The topological polar surface area (TPSA) is 72.2 Å². The van der Waals surface area contributed by atoms with Crippen LogP contribution in [0.25, 0.3) is 10.8 Å². The standard InChI is InChI=1S/C26H32N2O5/c1-26(2,3)33-24(29)17-28(15-14-27(4)5)25(30)23-13-12-22(32-23)18-31-21-11-10-19-8-6-7-9-20(19)16-21/h6-13,16H,14-15,17-18H2,1-5H3. The third kappa shape index (κ3) is 7.36. The van der Waals surface area contributed by atoms with Gasteiger partial charge in [-0.2, -0.15) is 0 Å². The highest BCUT2D eigenvalue weighted by Crippen LogP contribution is 2.22. The van der Waals surface area contributed by atoms with Gasteiger partial charge in [-0.25, -0.2) is 0 Å². The van der Waals surface area contributed by atoms with Crippen LogP contribution in [0.5, 0.6) is 5.75 Å². The van der Waals surface area contributed by atoms with Gasteiger partial charge in [0.2, 0.25) is 0 Å². The van der Waals surface area contributed by atoms with E-state index in [9.17, 15) is 9.59 Å². The van der Waals surface area contributed by atoms with E-state index < -0.39 is 11.6 Å². The van der Waals surface area contributed by atoms with Crippen molar-refractivity contribution >= 4 is 22.6 Å². The summed E-state index contributed by atoms with van der Waals surface area (Å²) in [6, 6.07) is 17.2. The van der Waals surface area contributed by atoms with Gasteiger partial charge in [0, 0.05) is 13.1 Å². The number of nitrogens with zero attached hydrogens (tertiary/aromatic N) is 2. The summed E-state index contributed by atoms with van der Waals surface area (Å²) in [6.07, 6.45) is 0. The second-order valence-electron chi connectivity index (χ2n) is 9.18. The number of benzene rings is 2. The number of fused-ring (bicyclic) bond motifs is 1. The predicted molar refractivity (Wildman–Crippen MR) is 127 cm³/mol. The fourth-order valence-electron chi connectivity index (χ4n) is 3.24. The van der Waals surface area contributed by atoms with Crippen LogP contribution in [-0.4, -0.2) is 61.0 Å². The summed E-state index contributed by atoms with van der Waals surface area (Å²) in [5.74, 6) is 0.585. The van der Waals surface area contributed by atoms with Crippen LogP contribution < -0.4 is 4.74 Å². The van der Waals surface area contributed by atoms with Gasteiger partial charge in [-0.15, -0.1) is 0 Å². The van der Waals surface area contributed by atoms with Gasteiger partial charge in [-0.05, 0) is 69.9 Å². The number of rotatable bonds is 9. The Kier molecular flexibility index (Phi) is 7.76. The maximum absolute atomic E-state index is 13.1. The SMILES string of the molecule is CN(C)CCN(CC(=O)OC(C)(C)C)C(=O)c1ccc(COc2ccc3ccccc3c2)o1. The summed E-state index contributed by atoms with van der Waals surface area (Å²) >= 11 is 0. The lowest BCUT2D eigenvalue weighted by Crippen LogP contribution is -2.41. The molecule has 0 aliphatic heterocycles.